The number of para-hydroxylation sites is 1. The number of fused-ring (bicyclic) bond motifs is 1. The van der Waals surface area contributed by atoms with Crippen LogP contribution < -0.4 is 14.8 Å². The molecule has 4 rings (SSSR count). The lowest BCUT2D eigenvalue weighted by Crippen LogP contribution is -2.50. The molecule has 0 unspecified atom stereocenters. The van der Waals surface area contributed by atoms with E-state index in [0.717, 1.165) is 24.3 Å². The van der Waals surface area contributed by atoms with Crippen molar-refractivity contribution in [2.75, 3.05) is 36.8 Å². The van der Waals surface area contributed by atoms with Crippen molar-refractivity contribution in [3.05, 3.63) is 83.9 Å². The summed E-state index contributed by atoms with van der Waals surface area (Å²) in [6.45, 7) is 3.41. The molecule has 1 aliphatic heterocycles. The Hall–Kier alpha value is -4.23. The molecule has 1 heterocycles. The molecular formula is C29H32F2N4O6S. The number of amides is 3. The zero-order valence-corrected chi connectivity index (χ0v) is 24.1. The van der Waals surface area contributed by atoms with Crippen LogP contribution in [-0.4, -0.2) is 74.2 Å². The number of aliphatic hydroxyl groups is 1. The van der Waals surface area contributed by atoms with Gasteiger partial charge in [-0.2, -0.15) is 0 Å². The highest BCUT2D eigenvalue weighted by Gasteiger charge is 2.35. The van der Waals surface area contributed by atoms with Gasteiger partial charge in [-0.15, -0.1) is 0 Å². The number of hydrogen-bond acceptors (Lipinski definition) is 6. The minimum absolute atomic E-state index is 0.0284. The molecule has 0 bridgehead atoms. The predicted molar refractivity (Wildman–Crippen MR) is 153 cm³/mol. The van der Waals surface area contributed by atoms with Crippen LogP contribution in [-0.2, 0) is 10.0 Å². The third-order valence-corrected chi connectivity index (χ3v) is 8.34. The van der Waals surface area contributed by atoms with Gasteiger partial charge in [0, 0.05) is 25.2 Å². The van der Waals surface area contributed by atoms with E-state index in [0.29, 0.717) is 5.69 Å². The SMILES string of the molecule is C[C@H](CO)N1C[C@H](C)[C@@H](CN(C)C(=O)Nc2ccc(F)cc2)Oc2c(NS(=O)(=O)c3ccc(F)cc3)cccc2C1=O. The Morgan fingerprint density at radius 3 is 2.33 bits per heavy atom. The molecule has 3 aromatic carbocycles. The van der Waals surface area contributed by atoms with Gasteiger partial charge in [-0.3, -0.25) is 9.52 Å². The van der Waals surface area contributed by atoms with Gasteiger partial charge >= 0.3 is 6.03 Å². The number of likely N-dealkylation sites (N-methyl/N-ethyl adjacent to an activating group) is 1. The number of carbonyl (C=O) groups excluding carboxylic acids is 2. The van der Waals surface area contributed by atoms with Gasteiger partial charge in [-0.1, -0.05) is 13.0 Å². The average Bonchev–Trinajstić information content (AvgIpc) is 2.96. The third kappa shape index (κ3) is 6.97. The second kappa shape index (κ2) is 12.7. The first-order chi connectivity index (χ1) is 19.9. The fourth-order valence-corrected chi connectivity index (χ4v) is 5.53. The molecule has 0 aromatic heterocycles. The first-order valence-electron chi connectivity index (χ1n) is 13.2. The fraction of sp³-hybridized carbons (Fsp3) is 0.310. The average molecular weight is 603 g/mol. The summed E-state index contributed by atoms with van der Waals surface area (Å²) in [5, 5.41) is 12.5. The summed E-state index contributed by atoms with van der Waals surface area (Å²) in [7, 11) is -2.67. The number of urea groups is 1. The van der Waals surface area contributed by atoms with Crippen molar-refractivity contribution >= 4 is 33.3 Å². The van der Waals surface area contributed by atoms with Gasteiger partial charge < -0.3 is 25.0 Å². The Bertz CT molecular complexity index is 1540. The summed E-state index contributed by atoms with van der Waals surface area (Å²) >= 11 is 0. The lowest BCUT2D eigenvalue weighted by atomic mass is 9.99. The maximum atomic E-state index is 13.6. The zero-order chi connectivity index (χ0) is 30.6. The van der Waals surface area contributed by atoms with Crippen molar-refractivity contribution < 1.29 is 36.6 Å². The smallest absolute Gasteiger partial charge is 0.321 e. The summed E-state index contributed by atoms with van der Waals surface area (Å²) in [6.07, 6.45) is -0.731. The van der Waals surface area contributed by atoms with Crippen LogP contribution in [0.3, 0.4) is 0 Å². The van der Waals surface area contributed by atoms with Gasteiger partial charge in [0.05, 0.1) is 35.3 Å². The lowest BCUT2D eigenvalue weighted by molar-refractivity contribution is 0.0373. The van der Waals surface area contributed by atoms with E-state index in [9.17, 15) is 31.9 Å². The molecule has 0 saturated carbocycles. The molecule has 224 valence electrons. The van der Waals surface area contributed by atoms with Crippen molar-refractivity contribution in [1.82, 2.24) is 9.80 Å². The van der Waals surface area contributed by atoms with Gasteiger partial charge in [-0.25, -0.2) is 22.0 Å². The third-order valence-electron chi connectivity index (χ3n) is 6.96. The van der Waals surface area contributed by atoms with E-state index >= 15 is 0 Å². The molecule has 3 aromatic rings. The van der Waals surface area contributed by atoms with Gasteiger partial charge in [-0.05, 0) is 67.6 Å². The van der Waals surface area contributed by atoms with E-state index in [-0.39, 0.29) is 47.5 Å². The number of nitrogens with one attached hydrogen (secondary N) is 2. The van der Waals surface area contributed by atoms with Crippen molar-refractivity contribution in [2.24, 2.45) is 5.92 Å². The second-order valence-corrected chi connectivity index (χ2v) is 11.9. The maximum absolute atomic E-state index is 13.6. The maximum Gasteiger partial charge on any atom is 0.321 e. The van der Waals surface area contributed by atoms with Gasteiger partial charge in [0.2, 0.25) is 0 Å². The molecule has 10 nitrogen and oxygen atoms in total. The van der Waals surface area contributed by atoms with E-state index in [2.05, 4.69) is 10.0 Å². The molecule has 3 amide bonds. The minimum atomic E-state index is -4.20. The van der Waals surface area contributed by atoms with Crippen LogP contribution in [0.15, 0.2) is 71.6 Å². The van der Waals surface area contributed by atoms with Gasteiger partial charge in [0.15, 0.2) is 5.75 Å². The topological polar surface area (TPSA) is 128 Å². The highest BCUT2D eigenvalue weighted by molar-refractivity contribution is 7.92. The molecule has 0 spiro atoms. The van der Waals surface area contributed by atoms with E-state index in [1.807, 2.05) is 6.92 Å². The zero-order valence-electron chi connectivity index (χ0n) is 23.3. The largest absolute Gasteiger partial charge is 0.485 e. The van der Waals surface area contributed by atoms with Crippen LogP contribution in [0, 0.1) is 17.6 Å². The number of carbonyl (C=O) groups is 2. The Labute approximate surface area is 242 Å². The molecule has 3 atom stereocenters. The molecule has 3 N–H and O–H groups in total. The number of ether oxygens (including phenoxy) is 1. The molecule has 0 fully saturated rings. The van der Waals surface area contributed by atoms with Crippen LogP contribution >= 0.6 is 0 Å². The molecule has 0 aliphatic carbocycles. The van der Waals surface area contributed by atoms with E-state index in [4.69, 9.17) is 4.74 Å². The quantitative estimate of drug-likeness (QED) is 0.356. The monoisotopic (exact) mass is 602 g/mol. The summed E-state index contributed by atoms with van der Waals surface area (Å²) < 4.78 is 61.8. The fourth-order valence-electron chi connectivity index (χ4n) is 4.46. The Morgan fingerprint density at radius 1 is 1.10 bits per heavy atom. The highest BCUT2D eigenvalue weighted by atomic mass is 32.2. The van der Waals surface area contributed by atoms with Crippen LogP contribution in [0.4, 0.5) is 25.0 Å². The van der Waals surface area contributed by atoms with Crippen LogP contribution in [0.2, 0.25) is 0 Å². The first-order valence-corrected chi connectivity index (χ1v) is 14.7. The molecule has 0 saturated heterocycles. The Morgan fingerprint density at radius 2 is 1.71 bits per heavy atom. The summed E-state index contributed by atoms with van der Waals surface area (Å²) in [6, 6.07) is 12.9. The van der Waals surface area contributed by atoms with Crippen molar-refractivity contribution in [2.45, 2.75) is 30.9 Å². The molecule has 42 heavy (non-hydrogen) atoms. The number of aliphatic hydroxyl groups excluding tert-OH is 1. The number of rotatable bonds is 8. The van der Waals surface area contributed by atoms with E-state index in [1.54, 1.807) is 6.92 Å². The molecule has 13 heteroatoms. The number of anilines is 2. The first kappa shape index (κ1) is 30.7. The molecular weight excluding hydrogens is 570 g/mol. The molecule has 1 aliphatic rings. The van der Waals surface area contributed by atoms with Crippen molar-refractivity contribution in [3.63, 3.8) is 0 Å². The lowest BCUT2D eigenvalue weighted by Gasteiger charge is -2.38. The molecule has 0 radical (unpaired) electrons. The summed E-state index contributed by atoms with van der Waals surface area (Å²) in [5.74, 6) is -1.94. The van der Waals surface area contributed by atoms with E-state index < -0.39 is 45.7 Å². The number of nitrogens with zero attached hydrogens (tertiary/aromatic N) is 2. The van der Waals surface area contributed by atoms with Gasteiger partial charge in [0.25, 0.3) is 15.9 Å². The van der Waals surface area contributed by atoms with Crippen molar-refractivity contribution in [3.8, 4) is 5.75 Å². The van der Waals surface area contributed by atoms with Crippen LogP contribution in [0.5, 0.6) is 5.75 Å². The summed E-state index contributed by atoms with van der Waals surface area (Å²) in [5.41, 5.74) is 0.417. The number of benzene rings is 3. The predicted octanol–water partition coefficient (Wildman–Crippen LogP) is 4.15. The van der Waals surface area contributed by atoms with Crippen LogP contribution in [0.25, 0.3) is 0 Å². The number of halogens is 2. The van der Waals surface area contributed by atoms with Gasteiger partial charge in [0.1, 0.15) is 17.7 Å². The Kier molecular flexibility index (Phi) is 9.32. The second-order valence-electron chi connectivity index (χ2n) is 10.2. The van der Waals surface area contributed by atoms with E-state index in [1.165, 1.54) is 59.3 Å². The Balaban J connectivity index is 1.68. The van der Waals surface area contributed by atoms with Crippen molar-refractivity contribution in [1.29, 1.82) is 0 Å². The standard InChI is InChI=1S/C29H32F2N4O6S/c1-18-15-35(19(2)17-36)28(37)24-5-4-6-25(33-42(39,40)23-13-9-21(31)10-14-23)27(24)41-26(18)16-34(3)29(38)32-22-11-7-20(30)8-12-22/h4-14,18-19,26,33,36H,15-17H2,1-3H3,(H,32,38)/t18-,19+,26+/m0/s1. The van der Waals surface area contributed by atoms with Crippen LogP contribution in [0.1, 0.15) is 24.2 Å². The summed E-state index contributed by atoms with van der Waals surface area (Å²) in [4.78, 5) is 29.2. The highest BCUT2D eigenvalue weighted by Crippen LogP contribution is 2.36. The minimum Gasteiger partial charge on any atom is -0.485 e. The number of sulfonamides is 1. The number of hydrogen-bond donors (Lipinski definition) is 3. The normalized spacial score (nSPS) is 17.8.